The van der Waals surface area contributed by atoms with E-state index in [1.165, 1.54) is 0 Å². The molecule has 0 fully saturated rings. The Labute approximate surface area is 120 Å². The molecule has 0 radical (unpaired) electrons. The molecular formula is C15H16F3N3. The molecule has 21 heavy (non-hydrogen) atoms. The first-order valence-corrected chi connectivity index (χ1v) is 6.81. The van der Waals surface area contributed by atoms with Gasteiger partial charge in [-0.15, -0.1) is 0 Å². The van der Waals surface area contributed by atoms with Gasteiger partial charge in [-0.3, -0.25) is 0 Å². The first kappa shape index (κ1) is 14.1. The molecule has 0 aliphatic carbocycles. The Balaban J connectivity index is 1.94. The summed E-state index contributed by atoms with van der Waals surface area (Å²) < 4.78 is 40.2. The molecule has 1 aliphatic heterocycles. The summed E-state index contributed by atoms with van der Waals surface area (Å²) in [6, 6.07) is 7.05. The van der Waals surface area contributed by atoms with Crippen molar-refractivity contribution < 1.29 is 13.2 Å². The molecule has 3 rings (SSSR count). The molecule has 2 unspecified atom stereocenters. The molecule has 3 nitrogen and oxygen atoms in total. The molecule has 1 aromatic carbocycles. The van der Waals surface area contributed by atoms with Gasteiger partial charge in [0, 0.05) is 18.3 Å². The van der Waals surface area contributed by atoms with Crippen LogP contribution < -0.4 is 5.73 Å². The van der Waals surface area contributed by atoms with Crippen LogP contribution in [0.4, 0.5) is 13.2 Å². The van der Waals surface area contributed by atoms with Crippen molar-refractivity contribution in [3.63, 3.8) is 0 Å². The van der Waals surface area contributed by atoms with Crippen molar-refractivity contribution in [2.24, 2.45) is 11.7 Å². The van der Waals surface area contributed by atoms with Crippen LogP contribution in [0, 0.1) is 12.8 Å². The lowest BCUT2D eigenvalue weighted by molar-refractivity contribution is -0.184. The number of benzene rings is 1. The first-order valence-electron chi connectivity index (χ1n) is 6.81. The van der Waals surface area contributed by atoms with Gasteiger partial charge in [-0.1, -0.05) is 29.8 Å². The number of hydrogen-bond acceptors (Lipinski definition) is 2. The van der Waals surface area contributed by atoms with E-state index in [1.54, 1.807) is 10.8 Å². The summed E-state index contributed by atoms with van der Waals surface area (Å²) in [5.74, 6) is -0.869. The summed E-state index contributed by atoms with van der Waals surface area (Å²) in [7, 11) is 0. The van der Waals surface area contributed by atoms with Gasteiger partial charge in [-0.05, 0) is 13.3 Å². The molecule has 6 heteroatoms. The van der Waals surface area contributed by atoms with Crippen molar-refractivity contribution in [1.29, 1.82) is 0 Å². The zero-order valence-corrected chi connectivity index (χ0v) is 11.6. The van der Waals surface area contributed by atoms with Crippen LogP contribution >= 0.6 is 0 Å². The van der Waals surface area contributed by atoms with E-state index in [-0.39, 0.29) is 13.0 Å². The quantitative estimate of drug-likeness (QED) is 0.876. The molecule has 1 aromatic heterocycles. The zero-order chi connectivity index (χ0) is 15.2. The predicted octanol–water partition coefficient (Wildman–Crippen LogP) is 3.44. The van der Waals surface area contributed by atoms with Gasteiger partial charge in [0.2, 0.25) is 0 Å². The average Bonchev–Trinajstić information content (AvgIpc) is 2.83. The number of hydrogen-bond donors (Lipinski definition) is 1. The number of alkyl halides is 3. The largest absolute Gasteiger partial charge is 0.393 e. The maximum atomic E-state index is 12.9. The third-order valence-corrected chi connectivity index (χ3v) is 3.90. The third kappa shape index (κ3) is 2.68. The second kappa shape index (κ2) is 4.87. The highest BCUT2D eigenvalue weighted by Gasteiger charge is 2.44. The Hall–Kier alpha value is -1.82. The Kier molecular flexibility index (Phi) is 3.28. The molecule has 2 atom stereocenters. The second-order valence-corrected chi connectivity index (χ2v) is 5.58. The van der Waals surface area contributed by atoms with Gasteiger partial charge in [0.05, 0.1) is 17.7 Å². The zero-order valence-electron chi connectivity index (χ0n) is 11.6. The summed E-state index contributed by atoms with van der Waals surface area (Å²) in [4.78, 5) is 4.42. The van der Waals surface area contributed by atoms with Crippen molar-refractivity contribution in [3.8, 4) is 11.3 Å². The van der Waals surface area contributed by atoms with Gasteiger partial charge in [-0.2, -0.15) is 13.2 Å². The van der Waals surface area contributed by atoms with Crippen molar-refractivity contribution in [2.75, 3.05) is 0 Å². The predicted molar refractivity (Wildman–Crippen MR) is 73.5 cm³/mol. The summed E-state index contributed by atoms with van der Waals surface area (Å²) >= 11 is 0. The van der Waals surface area contributed by atoms with Crippen molar-refractivity contribution >= 4 is 0 Å². The summed E-state index contributed by atoms with van der Waals surface area (Å²) in [5, 5.41) is 0. The van der Waals surface area contributed by atoms with Crippen molar-refractivity contribution in [3.05, 3.63) is 41.9 Å². The third-order valence-electron chi connectivity index (χ3n) is 3.90. The standard InChI is InChI=1S/C15H16F3N3/c1-9-2-4-10(5-3-9)13-8-21-7-11(15(16,17)18)6-12(19)14(21)20-13/h2-5,8,11-12H,6-7,19H2,1H3. The minimum atomic E-state index is -4.22. The molecular weight excluding hydrogens is 279 g/mol. The Morgan fingerprint density at radius 2 is 1.90 bits per heavy atom. The number of imidazole rings is 1. The topological polar surface area (TPSA) is 43.8 Å². The Bertz CT molecular complexity index is 643. The summed E-state index contributed by atoms with van der Waals surface area (Å²) in [6.07, 6.45) is -2.66. The number of aromatic nitrogens is 2. The van der Waals surface area contributed by atoms with E-state index >= 15 is 0 Å². The van der Waals surface area contributed by atoms with Crippen LogP contribution in [0.3, 0.4) is 0 Å². The van der Waals surface area contributed by atoms with Gasteiger partial charge in [0.25, 0.3) is 0 Å². The van der Waals surface area contributed by atoms with E-state index in [9.17, 15) is 13.2 Å². The second-order valence-electron chi connectivity index (χ2n) is 5.58. The highest BCUT2D eigenvalue weighted by Crippen LogP contribution is 2.38. The minimum absolute atomic E-state index is 0.103. The molecule has 0 amide bonds. The number of halogens is 3. The van der Waals surface area contributed by atoms with Gasteiger partial charge >= 0.3 is 6.18 Å². The highest BCUT2D eigenvalue weighted by molar-refractivity contribution is 5.59. The normalized spacial score (nSPS) is 22.1. The Morgan fingerprint density at radius 3 is 2.52 bits per heavy atom. The fourth-order valence-electron chi connectivity index (χ4n) is 2.70. The van der Waals surface area contributed by atoms with Gasteiger partial charge < -0.3 is 10.3 Å². The van der Waals surface area contributed by atoms with Crippen LogP contribution in [0.5, 0.6) is 0 Å². The lowest BCUT2D eigenvalue weighted by atomic mass is 9.95. The fourth-order valence-corrected chi connectivity index (χ4v) is 2.70. The van der Waals surface area contributed by atoms with E-state index in [0.29, 0.717) is 11.5 Å². The molecule has 0 bridgehead atoms. The minimum Gasteiger partial charge on any atom is -0.332 e. The first-order chi connectivity index (χ1) is 9.84. The summed E-state index contributed by atoms with van der Waals surface area (Å²) in [6.45, 7) is 1.87. The van der Waals surface area contributed by atoms with E-state index < -0.39 is 18.1 Å². The van der Waals surface area contributed by atoms with E-state index in [0.717, 1.165) is 11.1 Å². The number of rotatable bonds is 1. The van der Waals surface area contributed by atoms with Crippen LogP contribution in [0.15, 0.2) is 30.5 Å². The molecule has 2 heterocycles. The van der Waals surface area contributed by atoms with Gasteiger partial charge in [0.15, 0.2) is 0 Å². The van der Waals surface area contributed by atoms with E-state index in [4.69, 9.17) is 5.73 Å². The van der Waals surface area contributed by atoms with Crippen LogP contribution in [0.1, 0.15) is 23.9 Å². The lowest BCUT2D eigenvalue weighted by Gasteiger charge is -2.29. The van der Waals surface area contributed by atoms with Crippen LogP contribution in [0.25, 0.3) is 11.3 Å². The molecule has 1 aliphatic rings. The average molecular weight is 295 g/mol. The van der Waals surface area contributed by atoms with Crippen LogP contribution in [0.2, 0.25) is 0 Å². The van der Waals surface area contributed by atoms with Crippen molar-refractivity contribution in [1.82, 2.24) is 9.55 Å². The van der Waals surface area contributed by atoms with Crippen LogP contribution in [-0.2, 0) is 6.54 Å². The Morgan fingerprint density at radius 1 is 1.24 bits per heavy atom. The van der Waals surface area contributed by atoms with Crippen LogP contribution in [-0.4, -0.2) is 15.7 Å². The number of fused-ring (bicyclic) bond motifs is 1. The maximum Gasteiger partial charge on any atom is 0.393 e. The molecule has 0 spiro atoms. The van der Waals surface area contributed by atoms with Crippen molar-refractivity contribution in [2.45, 2.75) is 32.1 Å². The highest BCUT2D eigenvalue weighted by atomic mass is 19.4. The van der Waals surface area contributed by atoms with E-state index in [2.05, 4.69) is 4.98 Å². The summed E-state index contributed by atoms with van der Waals surface area (Å²) in [5.41, 5.74) is 8.54. The number of nitrogens with two attached hydrogens (primary N) is 1. The SMILES string of the molecule is Cc1ccc(-c2cn3c(n2)C(N)CC(C(F)(F)F)C3)cc1. The molecule has 2 aromatic rings. The number of nitrogens with zero attached hydrogens (tertiary/aromatic N) is 2. The lowest BCUT2D eigenvalue weighted by Crippen LogP contribution is -2.36. The molecule has 0 saturated carbocycles. The molecule has 0 saturated heterocycles. The smallest absolute Gasteiger partial charge is 0.332 e. The maximum absolute atomic E-state index is 12.9. The van der Waals surface area contributed by atoms with Gasteiger partial charge in [-0.25, -0.2) is 4.98 Å². The monoisotopic (exact) mass is 295 g/mol. The molecule has 2 N–H and O–H groups in total. The number of aryl methyl sites for hydroxylation is 1. The fraction of sp³-hybridized carbons (Fsp3) is 0.400. The molecule has 112 valence electrons. The van der Waals surface area contributed by atoms with E-state index in [1.807, 2.05) is 31.2 Å². The van der Waals surface area contributed by atoms with Gasteiger partial charge in [0.1, 0.15) is 5.82 Å².